The zero-order valence-electron chi connectivity index (χ0n) is 7.62. The first-order valence-corrected chi connectivity index (χ1v) is 4.86. The van der Waals surface area contributed by atoms with Gasteiger partial charge in [0, 0.05) is 18.0 Å². The average molecular weight is 322 g/mol. The lowest BCUT2D eigenvalue weighted by Gasteiger charge is -1.89. The fourth-order valence-electron chi connectivity index (χ4n) is 0.646. The second kappa shape index (κ2) is 7.74. The Kier molecular flexibility index (Phi) is 7.40. The number of halogens is 1. The van der Waals surface area contributed by atoms with Crippen LogP contribution in [0.4, 0.5) is 0 Å². The van der Waals surface area contributed by atoms with E-state index in [9.17, 15) is 0 Å². The third-order valence-corrected chi connectivity index (χ3v) is 1.76. The molecular weight excluding hydrogens is 311 g/mol. The van der Waals surface area contributed by atoms with Gasteiger partial charge in [0.05, 0.1) is 6.21 Å². The molecule has 4 nitrogen and oxygen atoms in total. The topological polar surface area (TPSA) is 63.6 Å². The van der Waals surface area contributed by atoms with Crippen molar-refractivity contribution in [2.75, 3.05) is 6.26 Å². The first-order chi connectivity index (χ1) is 6.33. The van der Waals surface area contributed by atoms with E-state index < -0.39 is 0 Å². The number of rotatable bonds is 2. The first kappa shape index (κ1) is 13.4. The van der Waals surface area contributed by atoms with E-state index in [4.69, 9.17) is 5.73 Å². The molecule has 76 valence electrons. The predicted molar refractivity (Wildman–Crippen MR) is 72.4 cm³/mol. The molecule has 0 amide bonds. The molecule has 0 saturated heterocycles. The monoisotopic (exact) mass is 322 g/mol. The molecule has 14 heavy (non-hydrogen) atoms. The smallest absolute Gasteiger partial charge is 0.180 e. The quantitative estimate of drug-likeness (QED) is 0.390. The molecule has 0 bridgehead atoms. The second-order valence-electron chi connectivity index (χ2n) is 2.17. The maximum absolute atomic E-state index is 5.42. The number of nitrogens with zero attached hydrogens (tertiary/aromatic N) is 3. The molecule has 0 fully saturated rings. The van der Waals surface area contributed by atoms with Gasteiger partial charge in [0.2, 0.25) is 0 Å². The molecule has 1 heterocycles. The fraction of sp³-hybridized carbons (Fsp3) is 0.125. The van der Waals surface area contributed by atoms with Crippen LogP contribution in [-0.4, -0.2) is 22.6 Å². The van der Waals surface area contributed by atoms with Gasteiger partial charge in [-0.05, 0) is 12.3 Å². The van der Waals surface area contributed by atoms with Crippen molar-refractivity contribution in [3.63, 3.8) is 0 Å². The summed E-state index contributed by atoms with van der Waals surface area (Å²) in [6.07, 6.45) is 6.86. The highest BCUT2D eigenvalue weighted by Crippen LogP contribution is 1.93. The number of nitrogens with two attached hydrogens (primary N) is 1. The highest BCUT2D eigenvalue weighted by atomic mass is 127. The third-order valence-electron chi connectivity index (χ3n) is 1.26. The van der Waals surface area contributed by atoms with Crippen LogP contribution >= 0.6 is 35.7 Å². The summed E-state index contributed by atoms with van der Waals surface area (Å²) in [6, 6.07) is 3.73. The van der Waals surface area contributed by atoms with Crippen LogP contribution in [0, 0.1) is 0 Å². The molecule has 0 spiro atoms. The summed E-state index contributed by atoms with van der Waals surface area (Å²) < 4.78 is 0. The largest absolute Gasteiger partial charge is 0.377 e. The molecule has 0 aromatic carbocycles. The van der Waals surface area contributed by atoms with Gasteiger partial charge in [-0.1, -0.05) is 17.8 Å². The van der Waals surface area contributed by atoms with Crippen molar-refractivity contribution >= 4 is 47.1 Å². The summed E-state index contributed by atoms with van der Waals surface area (Å²) in [5.41, 5.74) is 6.32. The molecule has 2 N–H and O–H groups in total. The fourth-order valence-corrected chi connectivity index (χ4v) is 0.774. The van der Waals surface area contributed by atoms with Gasteiger partial charge in [-0.3, -0.25) is 4.98 Å². The Morgan fingerprint density at radius 1 is 1.64 bits per heavy atom. The maximum Gasteiger partial charge on any atom is 0.180 e. The van der Waals surface area contributed by atoms with E-state index in [0.29, 0.717) is 5.17 Å². The molecular formula is C8H11IN4S. The molecule has 1 aromatic rings. The highest BCUT2D eigenvalue weighted by Gasteiger charge is 1.85. The van der Waals surface area contributed by atoms with Crippen LogP contribution in [-0.2, 0) is 0 Å². The van der Waals surface area contributed by atoms with Gasteiger partial charge in [0.15, 0.2) is 5.17 Å². The lowest BCUT2D eigenvalue weighted by atomic mass is 10.3. The van der Waals surface area contributed by atoms with Crippen LogP contribution in [0.25, 0.3) is 0 Å². The van der Waals surface area contributed by atoms with E-state index in [1.54, 1.807) is 18.6 Å². The van der Waals surface area contributed by atoms with Crippen molar-refractivity contribution < 1.29 is 0 Å². The minimum atomic E-state index is 0. The van der Waals surface area contributed by atoms with Crippen LogP contribution in [0.3, 0.4) is 0 Å². The van der Waals surface area contributed by atoms with Crippen molar-refractivity contribution in [1.29, 1.82) is 0 Å². The van der Waals surface area contributed by atoms with Gasteiger partial charge in [0.25, 0.3) is 0 Å². The summed E-state index contributed by atoms with van der Waals surface area (Å²) in [5.74, 6) is 0. The summed E-state index contributed by atoms with van der Waals surface area (Å²) in [6.45, 7) is 0. The molecule has 0 radical (unpaired) electrons. The van der Waals surface area contributed by atoms with Gasteiger partial charge >= 0.3 is 0 Å². The Bertz CT molecular complexity index is 312. The second-order valence-corrected chi connectivity index (χ2v) is 3.00. The Hall–Kier alpha value is -0.630. The summed E-state index contributed by atoms with van der Waals surface area (Å²) in [5, 5.41) is 7.97. The first-order valence-electron chi connectivity index (χ1n) is 3.63. The molecule has 0 saturated carbocycles. The number of pyridine rings is 1. The number of aromatic nitrogens is 1. The number of amidine groups is 1. The van der Waals surface area contributed by atoms with Crippen molar-refractivity contribution in [2.45, 2.75) is 0 Å². The third kappa shape index (κ3) is 5.18. The van der Waals surface area contributed by atoms with E-state index in [-0.39, 0.29) is 24.0 Å². The van der Waals surface area contributed by atoms with Crippen LogP contribution in [0.15, 0.2) is 34.7 Å². The van der Waals surface area contributed by atoms with Crippen LogP contribution in [0.2, 0.25) is 0 Å². The lowest BCUT2D eigenvalue weighted by molar-refractivity contribution is 1.24. The summed E-state index contributed by atoms with van der Waals surface area (Å²) in [7, 11) is 0. The van der Waals surface area contributed by atoms with Crippen LogP contribution < -0.4 is 5.73 Å². The molecule has 0 aliphatic rings. The van der Waals surface area contributed by atoms with E-state index in [1.807, 2.05) is 18.4 Å². The molecule has 6 heteroatoms. The van der Waals surface area contributed by atoms with Gasteiger partial charge < -0.3 is 5.73 Å². The molecule has 0 aliphatic heterocycles. The Labute approximate surface area is 104 Å². The normalized spacial score (nSPS) is 11.4. The summed E-state index contributed by atoms with van der Waals surface area (Å²) in [4.78, 5) is 3.93. The van der Waals surface area contributed by atoms with E-state index >= 15 is 0 Å². The van der Waals surface area contributed by atoms with Crippen LogP contribution in [0.1, 0.15) is 5.56 Å². The van der Waals surface area contributed by atoms with Crippen molar-refractivity contribution in [2.24, 2.45) is 15.9 Å². The van der Waals surface area contributed by atoms with Gasteiger partial charge in [0.1, 0.15) is 0 Å². The standard InChI is InChI=1S/C8H10N4S.HI/c1-13-8(9)12-11-6-7-3-2-4-10-5-7;/h2-6H,1H3,(H2,9,12);1H/b11-6+;. The molecule has 0 unspecified atom stereocenters. The maximum atomic E-state index is 5.42. The predicted octanol–water partition coefficient (Wildman–Crippen LogP) is 1.71. The van der Waals surface area contributed by atoms with Gasteiger partial charge in [-0.15, -0.1) is 29.1 Å². The van der Waals surface area contributed by atoms with E-state index in [0.717, 1.165) is 5.56 Å². The minimum Gasteiger partial charge on any atom is -0.377 e. The Morgan fingerprint density at radius 3 is 3.00 bits per heavy atom. The van der Waals surface area contributed by atoms with Crippen molar-refractivity contribution in [3.05, 3.63) is 30.1 Å². The van der Waals surface area contributed by atoms with E-state index in [2.05, 4.69) is 15.2 Å². The molecule has 0 atom stereocenters. The highest BCUT2D eigenvalue weighted by molar-refractivity contribution is 14.0. The average Bonchev–Trinajstić information content (AvgIpc) is 2.19. The Morgan fingerprint density at radius 2 is 2.43 bits per heavy atom. The van der Waals surface area contributed by atoms with Crippen molar-refractivity contribution in [1.82, 2.24) is 4.98 Å². The molecule has 1 rings (SSSR count). The minimum absolute atomic E-state index is 0. The SMILES string of the molecule is CS/C(N)=N\N=C\c1cccnc1.I. The zero-order valence-corrected chi connectivity index (χ0v) is 10.8. The lowest BCUT2D eigenvalue weighted by Crippen LogP contribution is -2.03. The van der Waals surface area contributed by atoms with Gasteiger partial charge in [-0.2, -0.15) is 5.10 Å². The van der Waals surface area contributed by atoms with Crippen molar-refractivity contribution in [3.8, 4) is 0 Å². The number of thioether (sulfide) groups is 1. The van der Waals surface area contributed by atoms with Gasteiger partial charge in [-0.25, -0.2) is 0 Å². The summed E-state index contributed by atoms with van der Waals surface area (Å²) >= 11 is 1.36. The Balaban J connectivity index is 0.00000169. The number of hydrogen-bond donors (Lipinski definition) is 1. The zero-order chi connectivity index (χ0) is 9.52. The molecule has 1 aromatic heterocycles. The number of hydrogen-bond acceptors (Lipinski definition) is 4. The van der Waals surface area contributed by atoms with E-state index in [1.165, 1.54) is 11.8 Å². The molecule has 0 aliphatic carbocycles. The van der Waals surface area contributed by atoms with Crippen LogP contribution in [0.5, 0.6) is 0 Å².